The molecular weight excluding hydrogens is 482 g/mol. The van der Waals surface area contributed by atoms with E-state index in [1.807, 2.05) is 31.3 Å². The summed E-state index contributed by atoms with van der Waals surface area (Å²) in [5, 5.41) is 17.0. The number of nitrogens with one attached hydrogen (secondary N) is 1. The van der Waals surface area contributed by atoms with Gasteiger partial charge < -0.3 is 20.2 Å². The minimum Gasteiger partial charge on any atom is -0.465 e. The van der Waals surface area contributed by atoms with Gasteiger partial charge in [0.1, 0.15) is 24.0 Å². The molecule has 0 bridgehead atoms. The first-order valence-electron chi connectivity index (χ1n) is 12.5. The van der Waals surface area contributed by atoms with Gasteiger partial charge in [-0.1, -0.05) is 6.07 Å². The van der Waals surface area contributed by atoms with Crippen LogP contribution in [-0.2, 0) is 6.42 Å². The standard InChI is InChI=1S/C27H27N9O2/c1-17-11-21(4-3-20(17)12-19-7-8-36-24(13-19)29-16-31-36)32-26-25-22(28-15-30-26)5-6-23(33-25)34-9-10-35(27(37)38)18(2)14-34/h3-8,11,13,15-16,18H,9-10,12,14H2,1-2H3,(H,37,38)(H,28,30,32). The summed E-state index contributed by atoms with van der Waals surface area (Å²) in [6.07, 6.45) is 4.92. The van der Waals surface area contributed by atoms with E-state index in [9.17, 15) is 9.90 Å². The minimum atomic E-state index is -0.888. The smallest absolute Gasteiger partial charge is 0.407 e. The Morgan fingerprint density at radius 1 is 1.08 bits per heavy atom. The number of amides is 1. The number of pyridine rings is 2. The molecule has 0 spiro atoms. The molecule has 1 fully saturated rings. The zero-order valence-corrected chi connectivity index (χ0v) is 21.1. The van der Waals surface area contributed by atoms with Crippen molar-refractivity contribution in [3.05, 3.63) is 78.0 Å². The first-order valence-corrected chi connectivity index (χ1v) is 12.5. The summed E-state index contributed by atoms with van der Waals surface area (Å²) in [6.45, 7) is 5.60. The fourth-order valence-electron chi connectivity index (χ4n) is 4.94. The zero-order valence-electron chi connectivity index (χ0n) is 21.1. The van der Waals surface area contributed by atoms with E-state index in [4.69, 9.17) is 4.98 Å². The Morgan fingerprint density at radius 2 is 1.97 bits per heavy atom. The summed E-state index contributed by atoms with van der Waals surface area (Å²) < 4.78 is 1.76. The Balaban J connectivity index is 1.23. The number of rotatable bonds is 5. The number of aromatic nitrogens is 6. The molecule has 1 saturated heterocycles. The van der Waals surface area contributed by atoms with Crippen LogP contribution < -0.4 is 10.2 Å². The third-order valence-electron chi connectivity index (χ3n) is 7.01. The van der Waals surface area contributed by atoms with Crippen molar-refractivity contribution in [2.24, 2.45) is 0 Å². The topological polar surface area (TPSA) is 125 Å². The Labute approximate surface area is 218 Å². The third kappa shape index (κ3) is 4.54. The second-order valence-electron chi connectivity index (χ2n) is 9.57. The fraction of sp³-hybridized carbons (Fsp3) is 0.259. The van der Waals surface area contributed by atoms with Gasteiger partial charge in [0.25, 0.3) is 0 Å². The molecule has 6 rings (SSSR count). The summed E-state index contributed by atoms with van der Waals surface area (Å²) in [4.78, 5) is 33.0. The molecular formula is C27H27N9O2. The summed E-state index contributed by atoms with van der Waals surface area (Å²) >= 11 is 0. The normalized spacial score (nSPS) is 15.8. The predicted octanol–water partition coefficient (Wildman–Crippen LogP) is 3.90. The van der Waals surface area contributed by atoms with Crippen LogP contribution in [0.25, 0.3) is 16.7 Å². The lowest BCUT2D eigenvalue weighted by molar-refractivity contribution is 0.122. The number of hydrogen-bond donors (Lipinski definition) is 2. The van der Waals surface area contributed by atoms with Crippen LogP contribution in [0.15, 0.2) is 61.3 Å². The number of carbonyl (C=O) groups is 1. The molecule has 5 heterocycles. The minimum absolute atomic E-state index is 0.122. The molecule has 1 unspecified atom stereocenters. The van der Waals surface area contributed by atoms with Crippen LogP contribution >= 0.6 is 0 Å². The van der Waals surface area contributed by atoms with E-state index in [0.717, 1.165) is 34.7 Å². The molecule has 4 aromatic heterocycles. The maximum atomic E-state index is 11.4. The first-order chi connectivity index (χ1) is 18.4. The highest BCUT2D eigenvalue weighted by molar-refractivity contribution is 5.88. The highest BCUT2D eigenvalue weighted by atomic mass is 16.4. The molecule has 2 N–H and O–H groups in total. The molecule has 11 heteroatoms. The van der Waals surface area contributed by atoms with Crippen molar-refractivity contribution < 1.29 is 9.90 Å². The average molecular weight is 510 g/mol. The van der Waals surface area contributed by atoms with E-state index in [2.05, 4.69) is 61.5 Å². The van der Waals surface area contributed by atoms with Crippen LogP contribution in [0.5, 0.6) is 0 Å². The van der Waals surface area contributed by atoms with Gasteiger partial charge in [0.15, 0.2) is 11.5 Å². The van der Waals surface area contributed by atoms with Crippen LogP contribution in [0.4, 0.5) is 22.1 Å². The van der Waals surface area contributed by atoms with Crippen molar-refractivity contribution in [2.75, 3.05) is 29.9 Å². The maximum Gasteiger partial charge on any atom is 0.407 e. The van der Waals surface area contributed by atoms with E-state index in [1.165, 1.54) is 22.4 Å². The van der Waals surface area contributed by atoms with Gasteiger partial charge in [-0.15, -0.1) is 0 Å². The van der Waals surface area contributed by atoms with E-state index >= 15 is 0 Å². The van der Waals surface area contributed by atoms with Crippen molar-refractivity contribution >= 4 is 40.1 Å². The van der Waals surface area contributed by atoms with E-state index in [0.29, 0.717) is 31.0 Å². The Morgan fingerprint density at radius 3 is 2.79 bits per heavy atom. The van der Waals surface area contributed by atoms with Gasteiger partial charge in [-0.05, 0) is 73.4 Å². The molecule has 1 aromatic carbocycles. The largest absolute Gasteiger partial charge is 0.465 e. The fourth-order valence-corrected chi connectivity index (χ4v) is 4.94. The molecule has 0 saturated carbocycles. The van der Waals surface area contributed by atoms with Crippen molar-refractivity contribution in [1.82, 2.24) is 34.4 Å². The maximum absolute atomic E-state index is 11.4. The van der Waals surface area contributed by atoms with Gasteiger partial charge in [0.2, 0.25) is 0 Å². The Hall–Kier alpha value is -4.80. The van der Waals surface area contributed by atoms with Crippen molar-refractivity contribution in [2.45, 2.75) is 26.3 Å². The molecule has 5 aromatic rings. The number of piperazine rings is 1. The predicted molar refractivity (Wildman–Crippen MR) is 144 cm³/mol. The van der Waals surface area contributed by atoms with Crippen LogP contribution in [0.3, 0.4) is 0 Å². The van der Waals surface area contributed by atoms with Crippen LogP contribution in [-0.4, -0.2) is 71.3 Å². The Kier molecular flexibility index (Phi) is 5.95. The Bertz CT molecular complexity index is 1650. The molecule has 1 amide bonds. The first kappa shape index (κ1) is 23.6. The number of aryl methyl sites for hydroxylation is 1. The lowest BCUT2D eigenvalue weighted by atomic mass is 10.0. The van der Waals surface area contributed by atoms with Crippen LogP contribution in [0.1, 0.15) is 23.6 Å². The molecule has 11 nitrogen and oxygen atoms in total. The SMILES string of the molecule is Cc1cc(Nc2ncnc3ccc(N4CCN(C(=O)O)C(C)C4)nc23)ccc1Cc1ccn2ncnc2c1. The molecule has 1 atom stereocenters. The molecule has 0 radical (unpaired) electrons. The van der Waals surface area contributed by atoms with Gasteiger partial charge in [-0.2, -0.15) is 5.10 Å². The van der Waals surface area contributed by atoms with Crippen molar-refractivity contribution in [1.29, 1.82) is 0 Å². The van der Waals surface area contributed by atoms with E-state index in [-0.39, 0.29) is 6.04 Å². The van der Waals surface area contributed by atoms with Crippen LogP contribution in [0.2, 0.25) is 0 Å². The lowest BCUT2D eigenvalue weighted by Crippen LogP contribution is -2.53. The van der Waals surface area contributed by atoms with Gasteiger partial charge in [-0.25, -0.2) is 29.2 Å². The quantitative estimate of drug-likeness (QED) is 0.363. The van der Waals surface area contributed by atoms with Crippen molar-refractivity contribution in [3.63, 3.8) is 0 Å². The number of anilines is 3. The molecule has 192 valence electrons. The second-order valence-corrected chi connectivity index (χ2v) is 9.57. The molecule has 1 aliphatic heterocycles. The van der Waals surface area contributed by atoms with Gasteiger partial charge in [-0.3, -0.25) is 0 Å². The molecule has 0 aliphatic carbocycles. The lowest BCUT2D eigenvalue weighted by Gasteiger charge is -2.38. The van der Waals surface area contributed by atoms with Crippen LogP contribution in [0, 0.1) is 6.92 Å². The van der Waals surface area contributed by atoms with Gasteiger partial charge in [0, 0.05) is 37.6 Å². The van der Waals surface area contributed by atoms with E-state index in [1.54, 1.807) is 10.8 Å². The average Bonchev–Trinajstić information content (AvgIpc) is 3.38. The second kappa shape index (κ2) is 9.58. The van der Waals surface area contributed by atoms with Gasteiger partial charge >= 0.3 is 6.09 Å². The zero-order chi connectivity index (χ0) is 26.2. The summed E-state index contributed by atoms with van der Waals surface area (Å²) in [7, 11) is 0. The number of nitrogens with zero attached hydrogens (tertiary/aromatic N) is 8. The number of fused-ring (bicyclic) bond motifs is 2. The number of hydrogen-bond acceptors (Lipinski definition) is 8. The van der Waals surface area contributed by atoms with Gasteiger partial charge in [0.05, 0.1) is 5.52 Å². The summed E-state index contributed by atoms with van der Waals surface area (Å²) in [5.41, 5.74) is 6.71. The molecule has 1 aliphatic rings. The van der Waals surface area contributed by atoms with Crippen molar-refractivity contribution in [3.8, 4) is 0 Å². The number of carboxylic acid groups (broad SMARTS) is 1. The molecule has 38 heavy (non-hydrogen) atoms. The number of benzene rings is 1. The van der Waals surface area contributed by atoms with E-state index < -0.39 is 6.09 Å². The summed E-state index contributed by atoms with van der Waals surface area (Å²) in [5.74, 6) is 1.40. The highest BCUT2D eigenvalue weighted by Crippen LogP contribution is 2.27. The monoisotopic (exact) mass is 509 g/mol. The highest BCUT2D eigenvalue weighted by Gasteiger charge is 2.28. The summed E-state index contributed by atoms with van der Waals surface area (Å²) in [6, 6.07) is 14.1. The third-order valence-corrected chi connectivity index (χ3v) is 7.01.